The van der Waals surface area contributed by atoms with Gasteiger partial charge in [-0.1, -0.05) is 6.07 Å². The summed E-state index contributed by atoms with van der Waals surface area (Å²) in [7, 11) is -4.30. The molecular formula is C8H9NO4S. The molecule has 0 aliphatic heterocycles. The minimum absolute atomic E-state index is 0.0834. The summed E-state index contributed by atoms with van der Waals surface area (Å²) >= 11 is 0. The molecular weight excluding hydrogens is 206 g/mol. The topological polar surface area (TPSA) is 97.5 Å². The van der Waals surface area contributed by atoms with Crippen LogP contribution in [0.15, 0.2) is 23.1 Å². The number of carbonyl (C=O) groups excluding carboxylic acids is 1. The Morgan fingerprint density at radius 3 is 2.43 bits per heavy atom. The lowest BCUT2D eigenvalue weighted by atomic mass is 10.1. The highest BCUT2D eigenvalue weighted by Gasteiger charge is 2.16. The van der Waals surface area contributed by atoms with E-state index in [1.54, 1.807) is 0 Å². The van der Waals surface area contributed by atoms with Crippen LogP contribution >= 0.6 is 0 Å². The fourth-order valence-electron chi connectivity index (χ4n) is 1.16. The fraction of sp³-hybridized carbons (Fsp3) is 0.125. The maximum atomic E-state index is 10.8. The zero-order chi connectivity index (χ0) is 10.9. The molecule has 6 heteroatoms. The van der Waals surface area contributed by atoms with Gasteiger partial charge in [0.1, 0.15) is 0 Å². The summed E-state index contributed by atoms with van der Waals surface area (Å²) in [5.41, 5.74) is 5.25. The predicted molar refractivity (Wildman–Crippen MR) is 49.5 cm³/mol. The lowest BCUT2D eigenvalue weighted by Crippen LogP contribution is -2.14. The van der Waals surface area contributed by atoms with Crippen LogP contribution in [0.3, 0.4) is 0 Å². The summed E-state index contributed by atoms with van der Waals surface area (Å²) in [6.07, 6.45) is 0. The summed E-state index contributed by atoms with van der Waals surface area (Å²) in [6.45, 7) is 1.41. The molecule has 0 aliphatic carbocycles. The van der Waals surface area contributed by atoms with Crippen molar-refractivity contribution in [3.63, 3.8) is 0 Å². The molecule has 1 amide bonds. The second-order valence-corrected chi connectivity index (χ2v) is 4.16. The standard InChI is InChI=1S/C8H9NO4S/c1-5-6(8(9)10)3-2-4-7(5)14(11,12)13/h2-4H,1H3,(H2,9,10)(H,11,12,13). The Hall–Kier alpha value is -1.40. The molecule has 0 saturated heterocycles. The van der Waals surface area contributed by atoms with Crippen LogP contribution in [0.1, 0.15) is 15.9 Å². The second-order valence-electron chi connectivity index (χ2n) is 2.77. The van der Waals surface area contributed by atoms with E-state index in [0.717, 1.165) is 0 Å². The van der Waals surface area contributed by atoms with E-state index in [1.807, 2.05) is 0 Å². The quantitative estimate of drug-likeness (QED) is 0.695. The number of hydrogen-bond donors (Lipinski definition) is 2. The monoisotopic (exact) mass is 215 g/mol. The Morgan fingerprint density at radius 2 is 2.00 bits per heavy atom. The number of nitrogens with two attached hydrogens (primary N) is 1. The van der Waals surface area contributed by atoms with E-state index in [4.69, 9.17) is 10.3 Å². The van der Waals surface area contributed by atoms with Crippen molar-refractivity contribution in [2.45, 2.75) is 11.8 Å². The van der Waals surface area contributed by atoms with Crippen LogP contribution in [-0.2, 0) is 10.1 Å². The molecule has 0 aliphatic rings. The second kappa shape index (κ2) is 3.39. The van der Waals surface area contributed by atoms with Gasteiger partial charge >= 0.3 is 0 Å². The first-order chi connectivity index (χ1) is 6.34. The molecule has 1 aromatic carbocycles. The van der Waals surface area contributed by atoms with Crippen molar-refractivity contribution in [3.8, 4) is 0 Å². The minimum atomic E-state index is -4.30. The normalized spacial score (nSPS) is 11.3. The van der Waals surface area contributed by atoms with E-state index < -0.39 is 16.0 Å². The summed E-state index contributed by atoms with van der Waals surface area (Å²) in [4.78, 5) is 10.5. The molecule has 14 heavy (non-hydrogen) atoms. The van der Waals surface area contributed by atoms with Crippen molar-refractivity contribution in [1.29, 1.82) is 0 Å². The molecule has 0 fully saturated rings. The van der Waals surface area contributed by atoms with Gasteiger partial charge in [0.2, 0.25) is 5.91 Å². The van der Waals surface area contributed by atoms with E-state index >= 15 is 0 Å². The van der Waals surface area contributed by atoms with Crippen LogP contribution in [0, 0.1) is 6.92 Å². The van der Waals surface area contributed by atoms with Gasteiger partial charge in [-0.25, -0.2) is 0 Å². The maximum Gasteiger partial charge on any atom is 0.294 e. The van der Waals surface area contributed by atoms with Gasteiger partial charge in [0.05, 0.1) is 4.90 Å². The molecule has 0 spiro atoms. The number of rotatable bonds is 2. The van der Waals surface area contributed by atoms with E-state index in [2.05, 4.69) is 0 Å². The number of hydrogen-bond acceptors (Lipinski definition) is 3. The minimum Gasteiger partial charge on any atom is -0.366 e. The highest BCUT2D eigenvalue weighted by Crippen LogP contribution is 2.17. The lowest BCUT2D eigenvalue weighted by Gasteiger charge is -2.05. The molecule has 3 N–H and O–H groups in total. The molecule has 76 valence electrons. The third-order valence-corrected chi connectivity index (χ3v) is 2.83. The Labute approximate surface area is 81.3 Å². The molecule has 0 radical (unpaired) electrons. The van der Waals surface area contributed by atoms with Gasteiger partial charge in [-0.3, -0.25) is 9.35 Å². The zero-order valence-corrected chi connectivity index (χ0v) is 8.21. The van der Waals surface area contributed by atoms with Crippen molar-refractivity contribution in [2.24, 2.45) is 5.73 Å². The zero-order valence-electron chi connectivity index (χ0n) is 7.39. The van der Waals surface area contributed by atoms with Gasteiger partial charge in [-0.2, -0.15) is 8.42 Å². The van der Waals surface area contributed by atoms with Crippen LogP contribution < -0.4 is 5.73 Å². The first kappa shape index (κ1) is 10.7. The Balaban J connectivity index is 3.51. The largest absolute Gasteiger partial charge is 0.366 e. The van der Waals surface area contributed by atoms with Gasteiger partial charge < -0.3 is 5.73 Å². The van der Waals surface area contributed by atoms with Crippen molar-refractivity contribution in [3.05, 3.63) is 29.3 Å². The first-order valence-corrected chi connectivity index (χ1v) is 5.15. The first-order valence-electron chi connectivity index (χ1n) is 3.71. The maximum absolute atomic E-state index is 10.8. The van der Waals surface area contributed by atoms with Gasteiger partial charge in [0.25, 0.3) is 10.1 Å². The van der Waals surface area contributed by atoms with Gasteiger partial charge in [0.15, 0.2) is 0 Å². The van der Waals surface area contributed by atoms with Crippen LogP contribution in [0.2, 0.25) is 0 Å². The Kier molecular flexibility index (Phi) is 2.59. The number of benzene rings is 1. The Morgan fingerprint density at radius 1 is 1.43 bits per heavy atom. The summed E-state index contributed by atoms with van der Waals surface area (Å²) in [5.74, 6) is -0.729. The van der Waals surface area contributed by atoms with E-state index in [-0.39, 0.29) is 16.0 Å². The lowest BCUT2D eigenvalue weighted by molar-refractivity contribution is 0.0999. The molecule has 0 heterocycles. The van der Waals surface area contributed by atoms with Crippen molar-refractivity contribution < 1.29 is 17.8 Å². The van der Waals surface area contributed by atoms with Gasteiger partial charge in [0, 0.05) is 5.56 Å². The van der Waals surface area contributed by atoms with E-state index in [0.29, 0.717) is 0 Å². The molecule has 0 bridgehead atoms. The third-order valence-electron chi connectivity index (χ3n) is 1.83. The SMILES string of the molecule is Cc1c(C(N)=O)cccc1S(=O)(=O)O. The van der Waals surface area contributed by atoms with Crippen LogP contribution in [-0.4, -0.2) is 18.9 Å². The van der Waals surface area contributed by atoms with Crippen molar-refractivity contribution in [2.75, 3.05) is 0 Å². The molecule has 5 nitrogen and oxygen atoms in total. The highest BCUT2D eigenvalue weighted by atomic mass is 32.2. The highest BCUT2D eigenvalue weighted by molar-refractivity contribution is 7.85. The summed E-state index contributed by atoms with van der Waals surface area (Å²) in [5, 5.41) is 0. The van der Waals surface area contributed by atoms with Gasteiger partial charge in [-0.05, 0) is 24.6 Å². The average molecular weight is 215 g/mol. The molecule has 0 aromatic heterocycles. The molecule has 0 atom stereocenters. The van der Waals surface area contributed by atoms with Crippen molar-refractivity contribution >= 4 is 16.0 Å². The smallest absolute Gasteiger partial charge is 0.294 e. The van der Waals surface area contributed by atoms with E-state index in [1.165, 1.54) is 25.1 Å². The number of carbonyl (C=O) groups is 1. The number of amides is 1. The average Bonchev–Trinajstić information content (AvgIpc) is 2.01. The molecule has 1 aromatic rings. The van der Waals surface area contributed by atoms with Gasteiger partial charge in [-0.15, -0.1) is 0 Å². The fourth-order valence-corrected chi connectivity index (χ4v) is 1.91. The van der Waals surface area contributed by atoms with Crippen LogP contribution in [0.25, 0.3) is 0 Å². The molecule has 1 rings (SSSR count). The summed E-state index contributed by atoms with van der Waals surface area (Å²) in [6, 6.07) is 3.94. The third kappa shape index (κ3) is 1.91. The number of primary amides is 1. The van der Waals surface area contributed by atoms with Crippen LogP contribution in [0.4, 0.5) is 0 Å². The Bertz CT molecular complexity index is 478. The summed E-state index contributed by atoms with van der Waals surface area (Å²) < 4.78 is 30.5. The van der Waals surface area contributed by atoms with E-state index in [9.17, 15) is 13.2 Å². The predicted octanol–water partition coefficient (Wildman–Crippen LogP) is 0.341. The molecule has 0 saturated carbocycles. The van der Waals surface area contributed by atoms with Crippen molar-refractivity contribution in [1.82, 2.24) is 0 Å². The van der Waals surface area contributed by atoms with Crippen LogP contribution in [0.5, 0.6) is 0 Å². The molecule has 0 unspecified atom stereocenters.